The quantitative estimate of drug-likeness (QED) is 0.323. The van der Waals surface area contributed by atoms with E-state index >= 15 is 0 Å². The molecule has 0 atom stereocenters. The molecule has 9 heteroatoms. The van der Waals surface area contributed by atoms with Crippen molar-refractivity contribution >= 4 is 11.8 Å². The van der Waals surface area contributed by atoms with Crippen molar-refractivity contribution in [2.75, 3.05) is 0 Å². The molecule has 1 aromatic heterocycles. The third-order valence-corrected chi connectivity index (χ3v) is 1.75. The van der Waals surface area contributed by atoms with E-state index in [2.05, 4.69) is 9.97 Å². The molecule has 0 radical (unpaired) electrons. The Balaban J connectivity index is 3.09. The zero-order chi connectivity index (χ0) is 10.9. The first-order valence-corrected chi connectivity index (χ1v) is 3.75. The number of rotatable bonds is 1. The lowest BCUT2D eigenvalue weighted by Gasteiger charge is -2.05. The van der Waals surface area contributed by atoms with Crippen LogP contribution in [-0.2, 0) is 0 Å². The molecule has 0 aliphatic heterocycles. The SMILES string of the molecule is Fc1nc(F)c(SC(F)(F)F)c(F)n1. The summed E-state index contributed by atoms with van der Waals surface area (Å²) in [7, 11) is 0. The highest BCUT2D eigenvalue weighted by Gasteiger charge is 2.33. The second kappa shape index (κ2) is 3.64. The molecule has 78 valence electrons. The summed E-state index contributed by atoms with van der Waals surface area (Å²) < 4.78 is 72.1. The van der Waals surface area contributed by atoms with Crippen LogP contribution in [0.2, 0.25) is 0 Å². The predicted octanol–water partition coefficient (Wildman–Crippen LogP) is 2.51. The van der Waals surface area contributed by atoms with Crippen LogP contribution in [0.5, 0.6) is 0 Å². The molecule has 14 heavy (non-hydrogen) atoms. The zero-order valence-corrected chi connectivity index (χ0v) is 6.89. The summed E-state index contributed by atoms with van der Waals surface area (Å²) in [6.07, 6.45) is -1.76. The molecule has 0 saturated carbocycles. The summed E-state index contributed by atoms with van der Waals surface area (Å²) in [5.74, 6) is -3.75. The van der Waals surface area contributed by atoms with Crippen LogP contribution in [0.1, 0.15) is 0 Å². The fourth-order valence-electron chi connectivity index (χ4n) is 0.574. The molecule has 0 bridgehead atoms. The standard InChI is InChI=1S/C5F6N2S/c6-2-1(14-5(9,10)11)3(7)13-4(8)12-2. The highest BCUT2D eigenvalue weighted by atomic mass is 32.2. The predicted molar refractivity (Wildman–Crippen MR) is 33.8 cm³/mol. The van der Waals surface area contributed by atoms with Crippen LogP contribution in [0.4, 0.5) is 26.3 Å². The van der Waals surface area contributed by atoms with E-state index in [4.69, 9.17) is 0 Å². The first kappa shape index (κ1) is 11.1. The third kappa shape index (κ3) is 2.76. The van der Waals surface area contributed by atoms with Crippen LogP contribution in [0, 0.1) is 18.0 Å². The monoisotopic (exact) mass is 234 g/mol. The molecule has 0 spiro atoms. The second-order valence-electron chi connectivity index (χ2n) is 1.95. The number of hydrogen-bond acceptors (Lipinski definition) is 3. The molecule has 0 fully saturated rings. The number of thioether (sulfide) groups is 1. The molecular weight excluding hydrogens is 234 g/mol. The fraction of sp³-hybridized carbons (Fsp3) is 0.200. The summed E-state index contributed by atoms with van der Waals surface area (Å²) >= 11 is -1.08. The number of aromatic nitrogens is 2. The highest BCUT2D eigenvalue weighted by molar-refractivity contribution is 8.00. The summed E-state index contributed by atoms with van der Waals surface area (Å²) in [6, 6.07) is 0. The molecule has 1 heterocycles. The van der Waals surface area contributed by atoms with Gasteiger partial charge in [0.05, 0.1) is 0 Å². The van der Waals surface area contributed by atoms with E-state index < -0.39 is 40.1 Å². The van der Waals surface area contributed by atoms with Crippen LogP contribution < -0.4 is 0 Å². The number of hydrogen-bond donors (Lipinski definition) is 0. The second-order valence-corrected chi connectivity index (χ2v) is 3.03. The molecule has 2 nitrogen and oxygen atoms in total. The van der Waals surface area contributed by atoms with E-state index in [1.165, 1.54) is 0 Å². The molecule has 0 unspecified atom stereocenters. The Hall–Kier alpha value is -0.990. The average Bonchev–Trinajstić information content (AvgIpc) is 1.95. The third-order valence-electron chi connectivity index (χ3n) is 0.973. The molecule has 0 aliphatic rings. The molecule has 0 aromatic carbocycles. The zero-order valence-electron chi connectivity index (χ0n) is 6.07. The van der Waals surface area contributed by atoms with Crippen molar-refractivity contribution in [1.29, 1.82) is 0 Å². The Kier molecular flexibility index (Phi) is 2.88. The van der Waals surface area contributed by atoms with Gasteiger partial charge in [-0.05, 0) is 11.8 Å². The Bertz CT molecular complexity index is 328. The van der Waals surface area contributed by atoms with Gasteiger partial charge in [0.1, 0.15) is 4.90 Å². The van der Waals surface area contributed by atoms with Gasteiger partial charge < -0.3 is 0 Å². The lowest BCUT2D eigenvalue weighted by molar-refractivity contribution is -0.0331. The van der Waals surface area contributed by atoms with Crippen LogP contribution in [0.25, 0.3) is 0 Å². The molecule has 0 N–H and O–H groups in total. The van der Waals surface area contributed by atoms with Crippen molar-refractivity contribution < 1.29 is 26.3 Å². The molecular formula is C5F6N2S. The first-order valence-electron chi connectivity index (χ1n) is 2.94. The number of alkyl halides is 3. The minimum absolute atomic E-state index is 1.08. The molecule has 0 aliphatic carbocycles. The smallest absolute Gasteiger partial charge is 0.183 e. The van der Waals surface area contributed by atoms with Crippen LogP contribution in [0.3, 0.4) is 0 Å². The largest absolute Gasteiger partial charge is 0.446 e. The summed E-state index contributed by atoms with van der Waals surface area (Å²) in [4.78, 5) is 3.15. The van der Waals surface area contributed by atoms with E-state index in [9.17, 15) is 26.3 Å². The van der Waals surface area contributed by atoms with E-state index in [1.807, 2.05) is 0 Å². The van der Waals surface area contributed by atoms with Crippen LogP contribution in [-0.4, -0.2) is 15.5 Å². The molecule has 1 rings (SSSR count). The van der Waals surface area contributed by atoms with Gasteiger partial charge in [-0.2, -0.15) is 36.3 Å². The van der Waals surface area contributed by atoms with Crippen LogP contribution in [0.15, 0.2) is 4.90 Å². The van der Waals surface area contributed by atoms with Crippen molar-refractivity contribution in [1.82, 2.24) is 9.97 Å². The van der Waals surface area contributed by atoms with Gasteiger partial charge in [-0.3, -0.25) is 0 Å². The first-order chi connectivity index (χ1) is 6.29. The number of nitrogens with zero attached hydrogens (tertiary/aromatic N) is 2. The summed E-state index contributed by atoms with van der Waals surface area (Å²) in [5, 5.41) is 0. The van der Waals surface area contributed by atoms with Gasteiger partial charge in [0.2, 0.25) is 11.9 Å². The van der Waals surface area contributed by atoms with E-state index in [1.54, 1.807) is 0 Å². The molecule has 1 aromatic rings. The summed E-state index contributed by atoms with van der Waals surface area (Å²) in [6.45, 7) is 0. The topological polar surface area (TPSA) is 25.8 Å². The molecule has 0 saturated heterocycles. The Morgan fingerprint density at radius 2 is 1.36 bits per heavy atom. The van der Waals surface area contributed by atoms with Gasteiger partial charge in [-0.15, -0.1) is 0 Å². The maximum atomic E-state index is 12.5. The van der Waals surface area contributed by atoms with Gasteiger partial charge in [-0.1, -0.05) is 0 Å². The lowest BCUT2D eigenvalue weighted by atomic mass is 10.6. The van der Waals surface area contributed by atoms with Crippen molar-refractivity contribution in [2.24, 2.45) is 0 Å². The molecule has 0 amide bonds. The van der Waals surface area contributed by atoms with Gasteiger partial charge >= 0.3 is 11.6 Å². The normalized spacial score (nSPS) is 11.9. The fourth-order valence-corrected chi connectivity index (χ4v) is 1.06. The Morgan fingerprint density at radius 1 is 0.929 bits per heavy atom. The van der Waals surface area contributed by atoms with Gasteiger partial charge in [0, 0.05) is 0 Å². The minimum atomic E-state index is -4.89. The maximum absolute atomic E-state index is 12.5. The Labute approximate surface area is 77.4 Å². The van der Waals surface area contributed by atoms with Crippen molar-refractivity contribution in [3.05, 3.63) is 18.0 Å². The van der Waals surface area contributed by atoms with Crippen molar-refractivity contribution in [2.45, 2.75) is 10.4 Å². The van der Waals surface area contributed by atoms with Crippen molar-refractivity contribution in [3.8, 4) is 0 Å². The Morgan fingerprint density at radius 3 is 1.71 bits per heavy atom. The highest BCUT2D eigenvalue weighted by Crippen LogP contribution is 2.38. The number of halogens is 6. The van der Waals surface area contributed by atoms with Crippen LogP contribution >= 0.6 is 11.8 Å². The van der Waals surface area contributed by atoms with Gasteiger partial charge in [0.25, 0.3) is 0 Å². The van der Waals surface area contributed by atoms with Gasteiger partial charge in [0.15, 0.2) is 0 Å². The average molecular weight is 234 g/mol. The minimum Gasteiger partial charge on any atom is -0.183 e. The lowest BCUT2D eigenvalue weighted by Crippen LogP contribution is -2.06. The van der Waals surface area contributed by atoms with E-state index in [-0.39, 0.29) is 0 Å². The van der Waals surface area contributed by atoms with Gasteiger partial charge in [-0.25, -0.2) is 0 Å². The van der Waals surface area contributed by atoms with Crippen molar-refractivity contribution in [3.63, 3.8) is 0 Å². The summed E-state index contributed by atoms with van der Waals surface area (Å²) in [5.41, 5.74) is -4.89. The van der Waals surface area contributed by atoms with E-state index in [0.717, 1.165) is 0 Å². The van der Waals surface area contributed by atoms with E-state index in [0.29, 0.717) is 0 Å². The maximum Gasteiger partial charge on any atom is 0.446 e.